The topological polar surface area (TPSA) is 71.1 Å². The van der Waals surface area contributed by atoms with E-state index in [4.69, 9.17) is 0 Å². The van der Waals surface area contributed by atoms with Gasteiger partial charge in [-0.05, 0) is 37.1 Å². The molecule has 0 spiro atoms. The molecule has 7 heteroatoms. The van der Waals surface area contributed by atoms with Gasteiger partial charge in [0.15, 0.2) is 5.13 Å². The van der Waals surface area contributed by atoms with Crippen molar-refractivity contribution >= 4 is 45.3 Å². The monoisotopic (exact) mass is 385 g/mol. The van der Waals surface area contributed by atoms with Crippen molar-refractivity contribution in [3.63, 3.8) is 0 Å². The molecule has 2 N–H and O–H groups in total. The first-order chi connectivity index (χ1) is 12.5. The molecule has 134 valence electrons. The van der Waals surface area contributed by atoms with E-state index in [0.717, 1.165) is 28.9 Å². The lowest BCUT2D eigenvalue weighted by molar-refractivity contribution is -0.114. The van der Waals surface area contributed by atoms with Crippen molar-refractivity contribution in [1.29, 1.82) is 0 Å². The summed E-state index contributed by atoms with van der Waals surface area (Å²) in [6, 6.07) is 9.36. The number of amides is 2. The second kappa shape index (κ2) is 7.80. The molecule has 2 aromatic heterocycles. The standard InChI is InChI=1S/C19H19N3O2S2/c1-4-16-11(2)9-17(26-16)18(24)22-19-21-15(10-25-19)13-5-7-14(8-6-13)20-12(3)23/h5-10H,4H2,1-3H3,(H,20,23)(H,21,22,24). The average molecular weight is 386 g/mol. The number of anilines is 2. The van der Waals surface area contributed by atoms with Gasteiger partial charge in [-0.3, -0.25) is 14.9 Å². The summed E-state index contributed by atoms with van der Waals surface area (Å²) >= 11 is 2.92. The minimum atomic E-state index is -0.125. The molecular weight excluding hydrogens is 366 g/mol. The molecule has 3 rings (SSSR count). The number of thiazole rings is 1. The molecule has 26 heavy (non-hydrogen) atoms. The number of aryl methyl sites for hydroxylation is 2. The van der Waals surface area contributed by atoms with Gasteiger partial charge in [0.1, 0.15) is 0 Å². The second-order valence-corrected chi connectivity index (χ2v) is 7.82. The molecule has 5 nitrogen and oxygen atoms in total. The Bertz CT molecular complexity index is 942. The van der Waals surface area contributed by atoms with Gasteiger partial charge in [0.2, 0.25) is 5.91 Å². The van der Waals surface area contributed by atoms with Crippen LogP contribution in [0.3, 0.4) is 0 Å². The summed E-state index contributed by atoms with van der Waals surface area (Å²) in [7, 11) is 0. The zero-order chi connectivity index (χ0) is 18.7. The van der Waals surface area contributed by atoms with Gasteiger partial charge < -0.3 is 5.32 Å². The number of benzene rings is 1. The first-order valence-corrected chi connectivity index (χ1v) is 9.90. The molecule has 0 unspecified atom stereocenters. The van der Waals surface area contributed by atoms with Crippen molar-refractivity contribution in [3.8, 4) is 11.3 Å². The third-order valence-corrected chi connectivity index (χ3v) is 5.93. The Balaban J connectivity index is 1.71. The lowest BCUT2D eigenvalue weighted by Gasteiger charge is -2.02. The number of hydrogen-bond acceptors (Lipinski definition) is 5. The Morgan fingerprint density at radius 1 is 1.15 bits per heavy atom. The quantitative estimate of drug-likeness (QED) is 0.652. The van der Waals surface area contributed by atoms with Crippen LogP contribution in [0.4, 0.5) is 10.8 Å². The Hall–Kier alpha value is -2.51. The molecule has 0 aliphatic heterocycles. The van der Waals surface area contributed by atoms with E-state index < -0.39 is 0 Å². The summed E-state index contributed by atoms with van der Waals surface area (Å²) in [6.45, 7) is 5.59. The minimum Gasteiger partial charge on any atom is -0.326 e. The van der Waals surface area contributed by atoms with Crippen LogP contribution in [-0.4, -0.2) is 16.8 Å². The second-order valence-electron chi connectivity index (χ2n) is 5.82. The van der Waals surface area contributed by atoms with E-state index in [9.17, 15) is 9.59 Å². The number of rotatable bonds is 5. The molecule has 0 saturated heterocycles. The van der Waals surface area contributed by atoms with Gasteiger partial charge in [-0.1, -0.05) is 19.1 Å². The van der Waals surface area contributed by atoms with E-state index in [-0.39, 0.29) is 11.8 Å². The molecule has 0 saturated carbocycles. The first kappa shape index (κ1) is 18.3. The highest BCUT2D eigenvalue weighted by molar-refractivity contribution is 7.15. The van der Waals surface area contributed by atoms with E-state index in [1.807, 2.05) is 42.6 Å². The normalized spacial score (nSPS) is 10.6. The number of thiophene rings is 1. The number of aromatic nitrogens is 1. The maximum Gasteiger partial charge on any atom is 0.267 e. The van der Waals surface area contributed by atoms with Crippen molar-refractivity contribution in [2.45, 2.75) is 27.2 Å². The van der Waals surface area contributed by atoms with Gasteiger partial charge in [0, 0.05) is 28.4 Å². The molecule has 0 fully saturated rings. The van der Waals surface area contributed by atoms with Crippen LogP contribution in [0.5, 0.6) is 0 Å². The molecule has 3 aromatic rings. The smallest absolute Gasteiger partial charge is 0.267 e. The minimum absolute atomic E-state index is 0.105. The van der Waals surface area contributed by atoms with Crippen LogP contribution in [0, 0.1) is 6.92 Å². The van der Waals surface area contributed by atoms with Gasteiger partial charge in [-0.25, -0.2) is 4.98 Å². The van der Waals surface area contributed by atoms with E-state index in [1.165, 1.54) is 34.5 Å². The maximum absolute atomic E-state index is 12.4. The van der Waals surface area contributed by atoms with Gasteiger partial charge in [-0.2, -0.15) is 0 Å². The Morgan fingerprint density at radius 3 is 2.50 bits per heavy atom. The third-order valence-electron chi connectivity index (χ3n) is 3.79. The van der Waals surface area contributed by atoms with Crippen molar-refractivity contribution in [2.24, 2.45) is 0 Å². The molecule has 2 amide bonds. The van der Waals surface area contributed by atoms with Crippen LogP contribution in [0.1, 0.15) is 34.0 Å². The Morgan fingerprint density at radius 2 is 1.88 bits per heavy atom. The van der Waals surface area contributed by atoms with Crippen LogP contribution in [0.15, 0.2) is 35.7 Å². The van der Waals surface area contributed by atoms with Gasteiger partial charge in [0.25, 0.3) is 5.91 Å². The van der Waals surface area contributed by atoms with Crippen LogP contribution in [0.25, 0.3) is 11.3 Å². The molecule has 0 atom stereocenters. The molecular formula is C19H19N3O2S2. The van der Waals surface area contributed by atoms with Crippen LogP contribution < -0.4 is 10.6 Å². The average Bonchev–Trinajstić information content (AvgIpc) is 3.21. The first-order valence-electron chi connectivity index (χ1n) is 8.20. The highest BCUT2D eigenvalue weighted by atomic mass is 32.1. The third kappa shape index (κ3) is 4.17. The van der Waals surface area contributed by atoms with Gasteiger partial charge >= 0.3 is 0 Å². The fourth-order valence-corrected chi connectivity index (χ4v) is 4.26. The molecule has 2 heterocycles. The van der Waals surface area contributed by atoms with Crippen molar-refractivity contribution < 1.29 is 9.59 Å². The summed E-state index contributed by atoms with van der Waals surface area (Å²) in [5.74, 6) is -0.230. The van der Waals surface area contributed by atoms with Crippen LogP contribution >= 0.6 is 22.7 Å². The van der Waals surface area contributed by atoms with Gasteiger partial charge in [-0.15, -0.1) is 22.7 Å². The van der Waals surface area contributed by atoms with Crippen molar-refractivity contribution in [3.05, 3.63) is 51.0 Å². The van der Waals surface area contributed by atoms with E-state index in [0.29, 0.717) is 10.0 Å². The summed E-state index contributed by atoms with van der Waals surface area (Å²) in [5.41, 5.74) is 3.61. The van der Waals surface area contributed by atoms with E-state index >= 15 is 0 Å². The highest BCUT2D eigenvalue weighted by Gasteiger charge is 2.14. The van der Waals surface area contributed by atoms with Crippen molar-refractivity contribution in [2.75, 3.05) is 10.6 Å². The lowest BCUT2D eigenvalue weighted by Crippen LogP contribution is -2.09. The highest BCUT2D eigenvalue weighted by Crippen LogP contribution is 2.28. The van der Waals surface area contributed by atoms with Crippen molar-refractivity contribution in [1.82, 2.24) is 4.98 Å². The summed E-state index contributed by atoms with van der Waals surface area (Å²) in [6.07, 6.45) is 0.930. The maximum atomic E-state index is 12.4. The molecule has 0 aliphatic carbocycles. The molecule has 0 bridgehead atoms. The Kier molecular flexibility index (Phi) is 5.49. The number of carbonyl (C=O) groups excluding carboxylic acids is 2. The number of nitrogens with zero attached hydrogens (tertiary/aromatic N) is 1. The number of hydrogen-bond donors (Lipinski definition) is 2. The fourth-order valence-electron chi connectivity index (χ4n) is 2.53. The van der Waals surface area contributed by atoms with Gasteiger partial charge in [0.05, 0.1) is 10.6 Å². The van der Waals surface area contributed by atoms with Crippen LogP contribution in [-0.2, 0) is 11.2 Å². The van der Waals surface area contributed by atoms with Crippen LogP contribution in [0.2, 0.25) is 0 Å². The molecule has 0 aliphatic rings. The number of nitrogens with one attached hydrogen (secondary N) is 2. The number of carbonyl (C=O) groups is 2. The largest absolute Gasteiger partial charge is 0.326 e. The predicted molar refractivity (Wildman–Crippen MR) is 108 cm³/mol. The predicted octanol–water partition coefficient (Wildman–Crippen LogP) is 4.95. The summed E-state index contributed by atoms with van der Waals surface area (Å²) < 4.78 is 0. The Labute approximate surface area is 160 Å². The zero-order valence-corrected chi connectivity index (χ0v) is 16.4. The van der Waals surface area contributed by atoms with E-state index in [2.05, 4.69) is 22.5 Å². The summed E-state index contributed by atoms with van der Waals surface area (Å²) in [4.78, 5) is 29.9. The molecule has 0 radical (unpaired) electrons. The lowest BCUT2D eigenvalue weighted by atomic mass is 10.1. The SMILES string of the molecule is CCc1sc(C(=O)Nc2nc(-c3ccc(NC(C)=O)cc3)cs2)cc1C. The van der Waals surface area contributed by atoms with E-state index in [1.54, 1.807) is 0 Å². The zero-order valence-electron chi connectivity index (χ0n) is 14.8. The fraction of sp³-hybridized carbons (Fsp3) is 0.211. The summed E-state index contributed by atoms with van der Waals surface area (Å²) in [5, 5.41) is 8.08. The molecule has 1 aromatic carbocycles.